The summed E-state index contributed by atoms with van der Waals surface area (Å²) in [6, 6.07) is 32.3. The summed E-state index contributed by atoms with van der Waals surface area (Å²) >= 11 is 4.38. The van der Waals surface area contributed by atoms with Crippen LogP contribution in [0.3, 0.4) is 0 Å². The average molecular weight is 429 g/mol. The van der Waals surface area contributed by atoms with Crippen LogP contribution in [0.25, 0.3) is 0 Å². The van der Waals surface area contributed by atoms with Crippen LogP contribution in [-0.2, 0) is 4.74 Å². The Morgan fingerprint density at radius 3 is 1.42 bits per heavy atom. The van der Waals surface area contributed by atoms with Gasteiger partial charge in [-0.15, -0.1) is 0 Å². The number of unbranched alkanes of at least 4 members (excludes halogenated alkanes) is 1. The molecule has 1 nitrogen and oxygen atoms in total. The molecule has 0 radical (unpaired) electrons. The third-order valence-electron chi connectivity index (χ3n) is 4.86. The van der Waals surface area contributed by atoms with Gasteiger partial charge in [-0.2, -0.15) is 0 Å². The summed E-state index contributed by atoms with van der Waals surface area (Å²) < 4.78 is 6.32. The van der Waals surface area contributed by atoms with E-state index in [-0.39, 0.29) is 0 Å². The van der Waals surface area contributed by atoms with Crippen LogP contribution in [-0.4, -0.2) is 13.0 Å². The quantitative estimate of drug-likeness (QED) is 0.335. The molecule has 0 aliphatic heterocycles. The number of rotatable bonds is 8. The number of hydrogen-bond acceptors (Lipinski definition) is 1. The Hall–Kier alpha value is -1.47. The zero-order chi connectivity index (χ0) is 18.3. The molecule has 0 unspecified atom stereocenters. The minimum atomic E-state index is -2.89. The Bertz CT molecular complexity index is 706. The fraction of sp³-hybridized carbons (Fsp3) is 0.217. The predicted octanol–water partition coefficient (Wildman–Crippen LogP) is 5.60. The van der Waals surface area contributed by atoms with E-state index in [0.717, 1.165) is 19.4 Å². The molecule has 3 aromatic carbocycles. The van der Waals surface area contributed by atoms with Crippen LogP contribution < -0.4 is 15.9 Å². The second-order valence-electron chi connectivity index (χ2n) is 6.58. The van der Waals surface area contributed by atoms with Crippen molar-refractivity contribution in [3.05, 3.63) is 91.0 Å². The second kappa shape index (κ2) is 8.48. The van der Waals surface area contributed by atoms with Crippen molar-refractivity contribution < 1.29 is 4.74 Å². The van der Waals surface area contributed by atoms with Crippen LogP contribution in [0.1, 0.15) is 19.8 Å². The molecule has 0 aliphatic carbocycles. The third-order valence-corrected chi connectivity index (χ3v) is 14.0. The number of hydrogen-bond donors (Lipinski definition) is 0. The molecule has 0 fully saturated rings. The molecule has 0 saturated heterocycles. The maximum atomic E-state index is 6.32. The monoisotopic (exact) mass is 428 g/mol. The van der Waals surface area contributed by atoms with Crippen LogP contribution in [0.4, 0.5) is 0 Å². The van der Waals surface area contributed by atoms with Gasteiger partial charge in [0.1, 0.15) is 0 Å². The Labute approximate surface area is 165 Å². The Kier molecular flexibility index (Phi) is 6.29. The van der Waals surface area contributed by atoms with Crippen molar-refractivity contribution in [2.75, 3.05) is 13.0 Å². The SMILES string of the molecule is CCCCOCP(Br)(c1ccccc1)(c1ccccc1)c1ccccc1. The van der Waals surface area contributed by atoms with Gasteiger partial charge in [0.2, 0.25) is 0 Å². The van der Waals surface area contributed by atoms with Crippen LogP contribution in [0.2, 0.25) is 0 Å². The van der Waals surface area contributed by atoms with Gasteiger partial charge in [-0.3, -0.25) is 0 Å². The molecule has 0 bridgehead atoms. The van der Waals surface area contributed by atoms with Crippen molar-refractivity contribution in [3.63, 3.8) is 0 Å². The fourth-order valence-corrected chi connectivity index (χ4v) is 10.1. The van der Waals surface area contributed by atoms with E-state index in [1.807, 2.05) is 0 Å². The van der Waals surface area contributed by atoms with E-state index in [0.29, 0.717) is 6.35 Å². The summed E-state index contributed by atoms with van der Waals surface area (Å²) in [5.74, 6) is 0. The van der Waals surface area contributed by atoms with Crippen molar-refractivity contribution in [1.29, 1.82) is 0 Å². The summed E-state index contributed by atoms with van der Waals surface area (Å²) in [6.07, 6.45) is 2.88. The molecule has 0 spiro atoms. The first kappa shape index (κ1) is 19.3. The molecular weight excluding hydrogens is 403 g/mol. The van der Waals surface area contributed by atoms with E-state index in [1.165, 1.54) is 15.9 Å². The van der Waals surface area contributed by atoms with Crippen molar-refractivity contribution in [2.24, 2.45) is 0 Å². The summed E-state index contributed by atoms with van der Waals surface area (Å²) in [7, 11) is 0. The van der Waals surface area contributed by atoms with Crippen LogP contribution in [0.15, 0.2) is 91.0 Å². The van der Waals surface area contributed by atoms with Gasteiger partial charge in [0.05, 0.1) is 0 Å². The zero-order valence-electron chi connectivity index (χ0n) is 15.2. The van der Waals surface area contributed by atoms with Crippen LogP contribution in [0.5, 0.6) is 0 Å². The van der Waals surface area contributed by atoms with Crippen molar-refractivity contribution in [2.45, 2.75) is 19.8 Å². The van der Waals surface area contributed by atoms with Gasteiger partial charge in [-0.25, -0.2) is 0 Å². The van der Waals surface area contributed by atoms with E-state index in [1.54, 1.807) is 0 Å². The molecule has 3 heteroatoms. The topological polar surface area (TPSA) is 9.23 Å². The summed E-state index contributed by atoms with van der Waals surface area (Å²) in [6.45, 7) is 2.98. The normalized spacial score (nSPS) is 13.1. The zero-order valence-corrected chi connectivity index (χ0v) is 17.7. The molecule has 3 aromatic rings. The summed E-state index contributed by atoms with van der Waals surface area (Å²) in [5.41, 5.74) is 0. The Morgan fingerprint density at radius 2 is 1.08 bits per heavy atom. The molecule has 0 aliphatic rings. The first-order valence-corrected chi connectivity index (χ1v) is 13.6. The molecule has 0 heterocycles. The molecule has 0 aromatic heterocycles. The number of halogens is 1. The van der Waals surface area contributed by atoms with Gasteiger partial charge in [0, 0.05) is 0 Å². The molecule has 26 heavy (non-hydrogen) atoms. The van der Waals surface area contributed by atoms with Crippen molar-refractivity contribution in [1.82, 2.24) is 0 Å². The molecule has 0 amide bonds. The predicted molar refractivity (Wildman–Crippen MR) is 120 cm³/mol. The molecule has 0 atom stereocenters. The van der Waals surface area contributed by atoms with Crippen molar-refractivity contribution >= 4 is 36.7 Å². The molecule has 0 saturated carbocycles. The summed E-state index contributed by atoms with van der Waals surface area (Å²) in [5, 5.41) is 1.00. The molecular formula is C23H26BrOP. The first-order valence-electron chi connectivity index (χ1n) is 9.17. The van der Waals surface area contributed by atoms with E-state index in [9.17, 15) is 0 Å². The number of benzene rings is 3. The standard InChI is InChI=1S/C23H26BrOP/c1-2-3-19-25-20-26(24,21-13-7-4-8-14-21,22-15-9-5-10-16-22)23-17-11-6-12-18-23/h4-18H,2-3,19-20H2,1H3. The van der Waals surface area contributed by atoms with Crippen molar-refractivity contribution in [3.8, 4) is 0 Å². The van der Waals surface area contributed by atoms with E-state index >= 15 is 0 Å². The van der Waals surface area contributed by atoms with E-state index in [4.69, 9.17) is 4.74 Å². The van der Waals surface area contributed by atoms with Gasteiger partial charge in [-0.05, 0) is 0 Å². The summed E-state index contributed by atoms with van der Waals surface area (Å²) in [4.78, 5) is 0. The third kappa shape index (κ3) is 3.51. The van der Waals surface area contributed by atoms with Crippen LogP contribution in [0, 0.1) is 0 Å². The van der Waals surface area contributed by atoms with E-state index < -0.39 is 5.31 Å². The maximum absolute atomic E-state index is 6.32. The van der Waals surface area contributed by atoms with E-state index in [2.05, 4.69) is 113 Å². The van der Waals surface area contributed by atoms with Gasteiger partial charge in [0.15, 0.2) is 0 Å². The molecule has 3 rings (SSSR count). The Morgan fingerprint density at radius 1 is 0.692 bits per heavy atom. The second-order valence-corrected chi connectivity index (χ2v) is 15.4. The van der Waals surface area contributed by atoms with Gasteiger partial charge in [0.25, 0.3) is 0 Å². The fourth-order valence-electron chi connectivity index (χ4n) is 3.37. The van der Waals surface area contributed by atoms with Crippen LogP contribution >= 0.6 is 20.8 Å². The molecule has 136 valence electrons. The average Bonchev–Trinajstić information content (AvgIpc) is 2.73. The van der Waals surface area contributed by atoms with Gasteiger partial charge in [-0.1, -0.05) is 0 Å². The first-order chi connectivity index (χ1) is 12.7. The Balaban J connectivity index is 2.24. The minimum absolute atomic E-state index is 0.656. The molecule has 0 N–H and O–H groups in total. The number of ether oxygens (including phenoxy) is 1. The van der Waals surface area contributed by atoms with Gasteiger partial charge >= 0.3 is 165 Å². The van der Waals surface area contributed by atoms with Gasteiger partial charge < -0.3 is 0 Å².